The Morgan fingerprint density at radius 1 is 1.47 bits per heavy atom. The number of rotatable bonds is 1. The summed E-state index contributed by atoms with van der Waals surface area (Å²) in [4.78, 5) is 0. The van der Waals surface area contributed by atoms with Gasteiger partial charge >= 0.3 is 0 Å². The fourth-order valence-electron chi connectivity index (χ4n) is 2.18. The summed E-state index contributed by atoms with van der Waals surface area (Å²) in [5, 5.41) is 0. The van der Waals surface area contributed by atoms with Crippen molar-refractivity contribution in [1.82, 2.24) is 0 Å². The van der Waals surface area contributed by atoms with Gasteiger partial charge in [-0.2, -0.15) is 0 Å². The van der Waals surface area contributed by atoms with Gasteiger partial charge in [0.05, 0.1) is 0 Å². The van der Waals surface area contributed by atoms with Gasteiger partial charge in [0.2, 0.25) is 0 Å². The van der Waals surface area contributed by atoms with E-state index in [1.165, 1.54) is 5.56 Å². The van der Waals surface area contributed by atoms with Crippen molar-refractivity contribution in [2.75, 3.05) is 0 Å². The van der Waals surface area contributed by atoms with Crippen LogP contribution in [0.4, 0.5) is 0 Å². The maximum absolute atomic E-state index is 6.17. The average Bonchev–Trinajstić information content (AvgIpc) is 2.15. The molecule has 2 N–H and O–H groups in total. The normalized spacial score (nSPS) is 23.1. The Hall–Kier alpha value is -1.02. The summed E-state index contributed by atoms with van der Waals surface area (Å²) in [7, 11) is 0. The molecule has 0 aliphatic carbocycles. The summed E-state index contributed by atoms with van der Waals surface area (Å²) >= 11 is 0. The molecule has 0 amide bonds. The third-order valence-corrected chi connectivity index (χ3v) is 2.98. The Bertz CT molecular complexity index is 371. The topological polar surface area (TPSA) is 35.2 Å². The van der Waals surface area contributed by atoms with Gasteiger partial charge in [0.1, 0.15) is 11.4 Å². The number of hydrogen-bond acceptors (Lipinski definition) is 2. The molecule has 0 radical (unpaired) electrons. The first kappa shape index (κ1) is 10.5. The maximum Gasteiger partial charge on any atom is 0.124 e. The average molecular weight is 205 g/mol. The Labute approximate surface area is 91.4 Å². The lowest BCUT2D eigenvalue weighted by Gasteiger charge is -2.36. The van der Waals surface area contributed by atoms with Gasteiger partial charge in [0.25, 0.3) is 0 Å². The van der Waals surface area contributed by atoms with E-state index in [4.69, 9.17) is 10.5 Å². The quantitative estimate of drug-likeness (QED) is 0.765. The Morgan fingerprint density at radius 2 is 2.20 bits per heavy atom. The molecule has 1 aliphatic rings. The van der Waals surface area contributed by atoms with E-state index in [1.54, 1.807) is 0 Å². The maximum atomic E-state index is 6.17. The molecule has 1 heterocycles. The molecule has 0 bridgehead atoms. The molecule has 0 aromatic heterocycles. The van der Waals surface area contributed by atoms with Gasteiger partial charge < -0.3 is 10.5 Å². The molecule has 1 atom stereocenters. The number of nitrogens with two attached hydrogens (primary N) is 1. The first-order valence-electron chi connectivity index (χ1n) is 5.59. The van der Waals surface area contributed by atoms with E-state index < -0.39 is 0 Å². The third-order valence-electron chi connectivity index (χ3n) is 2.98. The van der Waals surface area contributed by atoms with Gasteiger partial charge in [-0.15, -0.1) is 0 Å². The Morgan fingerprint density at radius 3 is 2.87 bits per heavy atom. The van der Waals surface area contributed by atoms with Crippen molar-refractivity contribution >= 4 is 0 Å². The van der Waals surface area contributed by atoms with Crippen molar-refractivity contribution in [3.05, 3.63) is 29.3 Å². The largest absolute Gasteiger partial charge is 0.487 e. The smallest absolute Gasteiger partial charge is 0.124 e. The molecule has 2 heteroatoms. The summed E-state index contributed by atoms with van der Waals surface area (Å²) in [5.74, 6) is 0.955. The zero-order valence-electron chi connectivity index (χ0n) is 9.71. The van der Waals surface area contributed by atoms with Gasteiger partial charge in [-0.05, 0) is 31.9 Å². The lowest BCUT2D eigenvalue weighted by atomic mass is 9.89. The van der Waals surface area contributed by atoms with E-state index in [-0.39, 0.29) is 11.6 Å². The molecule has 0 unspecified atom stereocenters. The molecule has 0 fully saturated rings. The van der Waals surface area contributed by atoms with Crippen molar-refractivity contribution in [2.45, 2.75) is 45.3 Å². The van der Waals surface area contributed by atoms with E-state index in [1.807, 2.05) is 0 Å². The van der Waals surface area contributed by atoms with Crippen LogP contribution in [-0.4, -0.2) is 5.60 Å². The molecule has 0 saturated carbocycles. The lowest BCUT2D eigenvalue weighted by molar-refractivity contribution is 0.0728. The third kappa shape index (κ3) is 2.00. The van der Waals surface area contributed by atoms with Crippen LogP contribution in [0.25, 0.3) is 0 Å². The second kappa shape index (κ2) is 3.53. The van der Waals surface area contributed by atoms with Crippen LogP contribution in [0, 0.1) is 0 Å². The molecule has 0 spiro atoms. The lowest BCUT2D eigenvalue weighted by Crippen LogP contribution is -2.37. The number of hydrogen-bond donors (Lipinski definition) is 1. The Balaban J connectivity index is 2.41. The first-order valence-corrected chi connectivity index (χ1v) is 5.59. The van der Waals surface area contributed by atoms with Crippen LogP contribution in [0.15, 0.2) is 18.2 Å². The molecule has 1 aromatic carbocycles. The van der Waals surface area contributed by atoms with Crippen molar-refractivity contribution in [2.24, 2.45) is 5.73 Å². The number of fused-ring (bicyclic) bond motifs is 1. The highest BCUT2D eigenvalue weighted by atomic mass is 16.5. The molecular formula is C13H19NO. The highest BCUT2D eigenvalue weighted by molar-refractivity contribution is 5.41. The monoisotopic (exact) mass is 205 g/mol. The highest BCUT2D eigenvalue weighted by Crippen LogP contribution is 2.38. The summed E-state index contributed by atoms with van der Waals surface area (Å²) in [6, 6.07) is 6.45. The standard InChI is InChI=1S/C13H19NO/c1-4-9-5-6-12-10(7-9)11(14)8-13(2,3)15-12/h5-7,11H,4,8,14H2,1-3H3/t11-/m0/s1. The van der Waals surface area contributed by atoms with Crippen molar-refractivity contribution in [1.29, 1.82) is 0 Å². The molecule has 82 valence electrons. The predicted octanol–water partition coefficient (Wildman–Crippen LogP) is 2.81. The van der Waals surface area contributed by atoms with Crippen LogP contribution in [0.5, 0.6) is 5.75 Å². The molecule has 15 heavy (non-hydrogen) atoms. The molecule has 2 rings (SSSR count). The summed E-state index contributed by atoms with van der Waals surface area (Å²) in [6.45, 7) is 6.33. The minimum absolute atomic E-state index is 0.107. The number of aryl methyl sites for hydroxylation is 1. The van der Waals surface area contributed by atoms with Crippen LogP contribution in [0.1, 0.15) is 44.4 Å². The van der Waals surface area contributed by atoms with Crippen molar-refractivity contribution < 1.29 is 4.74 Å². The molecule has 0 saturated heterocycles. The second-order valence-corrected chi connectivity index (χ2v) is 4.90. The highest BCUT2D eigenvalue weighted by Gasteiger charge is 2.31. The van der Waals surface area contributed by atoms with E-state index in [0.29, 0.717) is 0 Å². The van der Waals surface area contributed by atoms with E-state index in [2.05, 4.69) is 39.0 Å². The zero-order chi connectivity index (χ0) is 11.1. The van der Waals surface area contributed by atoms with Crippen LogP contribution >= 0.6 is 0 Å². The van der Waals surface area contributed by atoms with Gasteiger partial charge in [0, 0.05) is 18.0 Å². The molecule has 1 aromatic rings. The molecular weight excluding hydrogens is 186 g/mol. The molecule has 2 nitrogen and oxygen atoms in total. The van der Waals surface area contributed by atoms with Gasteiger partial charge in [0.15, 0.2) is 0 Å². The predicted molar refractivity (Wildman–Crippen MR) is 62.1 cm³/mol. The minimum atomic E-state index is -0.139. The second-order valence-electron chi connectivity index (χ2n) is 4.90. The van der Waals surface area contributed by atoms with Crippen LogP contribution in [0.3, 0.4) is 0 Å². The summed E-state index contributed by atoms with van der Waals surface area (Å²) in [5.41, 5.74) is 8.51. The fraction of sp³-hybridized carbons (Fsp3) is 0.538. The number of benzene rings is 1. The van der Waals surface area contributed by atoms with E-state index in [0.717, 1.165) is 24.2 Å². The van der Waals surface area contributed by atoms with Crippen molar-refractivity contribution in [3.63, 3.8) is 0 Å². The van der Waals surface area contributed by atoms with Crippen LogP contribution < -0.4 is 10.5 Å². The van der Waals surface area contributed by atoms with Crippen LogP contribution in [0.2, 0.25) is 0 Å². The fourth-order valence-corrected chi connectivity index (χ4v) is 2.18. The Kier molecular flexibility index (Phi) is 2.47. The van der Waals surface area contributed by atoms with E-state index >= 15 is 0 Å². The number of ether oxygens (including phenoxy) is 1. The van der Waals surface area contributed by atoms with E-state index in [9.17, 15) is 0 Å². The van der Waals surface area contributed by atoms with Gasteiger partial charge in [-0.25, -0.2) is 0 Å². The van der Waals surface area contributed by atoms with Gasteiger partial charge in [-0.1, -0.05) is 19.1 Å². The molecule has 1 aliphatic heterocycles. The minimum Gasteiger partial charge on any atom is -0.487 e. The van der Waals surface area contributed by atoms with Gasteiger partial charge in [-0.3, -0.25) is 0 Å². The van der Waals surface area contributed by atoms with Crippen LogP contribution in [-0.2, 0) is 6.42 Å². The zero-order valence-corrected chi connectivity index (χ0v) is 9.71. The summed E-state index contributed by atoms with van der Waals surface area (Å²) < 4.78 is 5.91. The SMILES string of the molecule is CCc1ccc2c(c1)[C@@H](N)CC(C)(C)O2. The van der Waals surface area contributed by atoms with Crippen molar-refractivity contribution in [3.8, 4) is 5.75 Å². The summed E-state index contributed by atoms with van der Waals surface area (Å²) in [6.07, 6.45) is 1.93. The first-order chi connectivity index (χ1) is 7.02.